The summed E-state index contributed by atoms with van der Waals surface area (Å²) in [6.45, 7) is 6.07. The molecule has 0 aliphatic heterocycles. The third kappa shape index (κ3) is 3.47. The van der Waals surface area contributed by atoms with E-state index in [1.807, 2.05) is 13.8 Å². The Bertz CT molecular complexity index is 307. The van der Waals surface area contributed by atoms with Gasteiger partial charge in [0.15, 0.2) is 5.82 Å². The van der Waals surface area contributed by atoms with Crippen LogP contribution in [0.2, 0.25) is 0 Å². The van der Waals surface area contributed by atoms with Crippen molar-refractivity contribution in [3.8, 4) is 0 Å². The highest BCUT2D eigenvalue weighted by atomic mass is 16.5. The fraction of sp³-hybridized carbons (Fsp3) is 0.556. The van der Waals surface area contributed by atoms with Crippen LogP contribution in [0.1, 0.15) is 19.6 Å². The topological polar surface area (TPSA) is 64.4 Å². The monoisotopic (exact) mass is 198 g/mol. The molecule has 1 heterocycles. The van der Waals surface area contributed by atoms with Gasteiger partial charge in [-0.15, -0.1) is 0 Å². The number of nitrogens with one attached hydrogen (secondary N) is 1. The first-order valence-electron chi connectivity index (χ1n) is 4.45. The normalized spacial score (nSPS) is 10.3. The molecule has 0 bridgehead atoms. The van der Waals surface area contributed by atoms with Gasteiger partial charge in [-0.05, 0) is 12.8 Å². The molecule has 0 aromatic carbocycles. The van der Waals surface area contributed by atoms with Crippen molar-refractivity contribution in [3.05, 3.63) is 11.8 Å². The average molecular weight is 198 g/mol. The van der Waals surface area contributed by atoms with Crippen LogP contribution in [0.5, 0.6) is 0 Å². The van der Waals surface area contributed by atoms with Crippen LogP contribution in [0.25, 0.3) is 0 Å². The zero-order valence-corrected chi connectivity index (χ0v) is 8.53. The Balaban J connectivity index is 2.34. The van der Waals surface area contributed by atoms with Crippen LogP contribution in [-0.4, -0.2) is 17.9 Å². The Morgan fingerprint density at radius 2 is 2.43 bits per heavy atom. The molecule has 5 nitrogen and oxygen atoms in total. The number of aryl methyl sites for hydroxylation is 1. The van der Waals surface area contributed by atoms with E-state index in [1.165, 1.54) is 0 Å². The standard InChI is InChI=1S/C9H14N2O3/c1-6(2)5-13-9(12)10-8-4-7(3)14-11-8/h4,6H,5H2,1-3H3,(H,10,11,12). The lowest BCUT2D eigenvalue weighted by molar-refractivity contribution is 0.147. The second kappa shape index (κ2) is 4.64. The van der Waals surface area contributed by atoms with Gasteiger partial charge in [0.05, 0.1) is 6.61 Å². The van der Waals surface area contributed by atoms with Crippen molar-refractivity contribution in [1.29, 1.82) is 0 Å². The summed E-state index contributed by atoms with van der Waals surface area (Å²) in [4.78, 5) is 11.1. The minimum Gasteiger partial charge on any atom is -0.449 e. The summed E-state index contributed by atoms with van der Waals surface area (Å²) in [6.07, 6.45) is -0.507. The second-order valence-corrected chi connectivity index (χ2v) is 3.44. The van der Waals surface area contributed by atoms with E-state index in [2.05, 4.69) is 10.5 Å². The largest absolute Gasteiger partial charge is 0.449 e. The number of anilines is 1. The van der Waals surface area contributed by atoms with Crippen molar-refractivity contribution in [2.45, 2.75) is 20.8 Å². The van der Waals surface area contributed by atoms with Gasteiger partial charge >= 0.3 is 6.09 Å². The van der Waals surface area contributed by atoms with Crippen molar-refractivity contribution in [1.82, 2.24) is 5.16 Å². The molecule has 1 aromatic heterocycles. The first-order valence-corrected chi connectivity index (χ1v) is 4.45. The maximum absolute atomic E-state index is 11.1. The van der Waals surface area contributed by atoms with E-state index in [4.69, 9.17) is 9.26 Å². The number of carbonyl (C=O) groups excluding carboxylic acids is 1. The van der Waals surface area contributed by atoms with Crippen LogP contribution in [0.15, 0.2) is 10.6 Å². The molecule has 0 saturated heterocycles. The van der Waals surface area contributed by atoms with Crippen LogP contribution in [0.3, 0.4) is 0 Å². The fourth-order valence-electron chi connectivity index (χ4n) is 0.808. The van der Waals surface area contributed by atoms with Crippen LogP contribution >= 0.6 is 0 Å². The first kappa shape index (κ1) is 10.6. The summed E-state index contributed by atoms with van der Waals surface area (Å²) in [5, 5.41) is 6.05. The molecule has 78 valence electrons. The van der Waals surface area contributed by atoms with E-state index in [0.29, 0.717) is 24.1 Å². The fourth-order valence-corrected chi connectivity index (χ4v) is 0.808. The van der Waals surface area contributed by atoms with E-state index in [1.54, 1.807) is 13.0 Å². The maximum atomic E-state index is 11.1. The third-order valence-corrected chi connectivity index (χ3v) is 1.41. The number of amides is 1. The molecule has 0 atom stereocenters. The number of hydrogen-bond acceptors (Lipinski definition) is 4. The molecule has 0 radical (unpaired) electrons. The molecule has 1 rings (SSSR count). The van der Waals surface area contributed by atoms with Gasteiger partial charge in [-0.3, -0.25) is 5.32 Å². The summed E-state index contributed by atoms with van der Waals surface area (Å²) in [5.74, 6) is 1.33. The molecular weight excluding hydrogens is 184 g/mol. The molecule has 5 heteroatoms. The van der Waals surface area contributed by atoms with Gasteiger partial charge in [-0.25, -0.2) is 4.79 Å². The smallest absolute Gasteiger partial charge is 0.412 e. The van der Waals surface area contributed by atoms with E-state index in [0.717, 1.165) is 0 Å². The highest BCUT2D eigenvalue weighted by Gasteiger charge is 2.07. The molecule has 0 saturated carbocycles. The zero-order chi connectivity index (χ0) is 10.6. The summed E-state index contributed by atoms with van der Waals surface area (Å²) in [7, 11) is 0. The van der Waals surface area contributed by atoms with Crippen LogP contribution < -0.4 is 5.32 Å². The van der Waals surface area contributed by atoms with Gasteiger partial charge in [-0.1, -0.05) is 19.0 Å². The lowest BCUT2D eigenvalue weighted by atomic mass is 10.2. The Morgan fingerprint density at radius 1 is 1.71 bits per heavy atom. The lowest BCUT2D eigenvalue weighted by Crippen LogP contribution is -2.16. The lowest BCUT2D eigenvalue weighted by Gasteiger charge is -2.06. The Kier molecular flexibility index (Phi) is 3.50. The van der Waals surface area contributed by atoms with Crippen molar-refractivity contribution in [3.63, 3.8) is 0 Å². The van der Waals surface area contributed by atoms with Gasteiger partial charge in [-0.2, -0.15) is 0 Å². The predicted octanol–water partition coefficient (Wildman–Crippen LogP) is 2.19. The van der Waals surface area contributed by atoms with E-state index in [-0.39, 0.29) is 0 Å². The Labute approximate surface area is 82.4 Å². The molecule has 1 amide bonds. The molecule has 0 fully saturated rings. The highest BCUT2D eigenvalue weighted by molar-refractivity contribution is 5.83. The van der Waals surface area contributed by atoms with Crippen LogP contribution in [0, 0.1) is 12.8 Å². The van der Waals surface area contributed by atoms with Gasteiger partial charge in [0.1, 0.15) is 5.76 Å². The number of rotatable bonds is 3. The van der Waals surface area contributed by atoms with E-state index in [9.17, 15) is 4.79 Å². The van der Waals surface area contributed by atoms with Crippen molar-refractivity contribution in [2.24, 2.45) is 5.92 Å². The minimum absolute atomic E-state index is 0.319. The van der Waals surface area contributed by atoms with Gasteiger partial charge < -0.3 is 9.26 Å². The Hall–Kier alpha value is -1.52. The van der Waals surface area contributed by atoms with Crippen molar-refractivity contribution >= 4 is 11.9 Å². The van der Waals surface area contributed by atoms with Gasteiger partial charge in [0.2, 0.25) is 0 Å². The molecule has 0 unspecified atom stereocenters. The molecule has 0 spiro atoms. The second-order valence-electron chi connectivity index (χ2n) is 3.44. The summed E-state index contributed by atoms with van der Waals surface area (Å²) in [6, 6.07) is 1.62. The molecule has 0 aliphatic carbocycles. The zero-order valence-electron chi connectivity index (χ0n) is 8.53. The van der Waals surface area contributed by atoms with Crippen molar-refractivity contribution in [2.75, 3.05) is 11.9 Å². The van der Waals surface area contributed by atoms with Crippen molar-refractivity contribution < 1.29 is 14.1 Å². The van der Waals surface area contributed by atoms with Gasteiger partial charge in [0.25, 0.3) is 0 Å². The van der Waals surface area contributed by atoms with E-state index >= 15 is 0 Å². The predicted molar refractivity (Wildman–Crippen MR) is 51.0 cm³/mol. The molecule has 14 heavy (non-hydrogen) atoms. The number of carbonyl (C=O) groups is 1. The maximum Gasteiger partial charge on any atom is 0.412 e. The molecular formula is C9H14N2O3. The number of hydrogen-bond donors (Lipinski definition) is 1. The first-order chi connectivity index (χ1) is 6.58. The number of nitrogens with zero attached hydrogens (tertiary/aromatic N) is 1. The molecule has 1 N–H and O–H groups in total. The summed E-state index contributed by atoms with van der Waals surface area (Å²) < 4.78 is 9.66. The number of ether oxygens (including phenoxy) is 1. The minimum atomic E-state index is -0.507. The summed E-state index contributed by atoms with van der Waals surface area (Å²) >= 11 is 0. The SMILES string of the molecule is Cc1cc(NC(=O)OCC(C)C)no1. The molecule has 0 aliphatic rings. The molecule has 1 aromatic rings. The van der Waals surface area contributed by atoms with Crippen LogP contribution in [0.4, 0.5) is 10.6 Å². The average Bonchev–Trinajstić information content (AvgIpc) is 2.48. The Morgan fingerprint density at radius 3 is 2.93 bits per heavy atom. The van der Waals surface area contributed by atoms with Gasteiger partial charge in [0, 0.05) is 6.07 Å². The number of aromatic nitrogens is 1. The quantitative estimate of drug-likeness (QED) is 0.808. The van der Waals surface area contributed by atoms with Crippen LogP contribution in [-0.2, 0) is 4.74 Å². The third-order valence-electron chi connectivity index (χ3n) is 1.41. The van der Waals surface area contributed by atoms with E-state index < -0.39 is 6.09 Å². The summed E-state index contributed by atoms with van der Waals surface area (Å²) in [5.41, 5.74) is 0. The highest BCUT2D eigenvalue weighted by Crippen LogP contribution is 2.07.